The van der Waals surface area contributed by atoms with Crippen LogP contribution in [0.1, 0.15) is 43.6 Å². The maximum absolute atomic E-state index is 10.9. The summed E-state index contributed by atoms with van der Waals surface area (Å²) in [6, 6.07) is 7.18. The van der Waals surface area contributed by atoms with E-state index >= 15 is 0 Å². The second-order valence-corrected chi connectivity index (χ2v) is 5.87. The molecule has 3 heteroatoms. The van der Waals surface area contributed by atoms with Crippen LogP contribution in [0.5, 0.6) is 0 Å². The second-order valence-electron chi connectivity index (χ2n) is 5.87. The van der Waals surface area contributed by atoms with Crippen molar-refractivity contribution in [3.63, 3.8) is 0 Å². The summed E-state index contributed by atoms with van der Waals surface area (Å²) in [6.45, 7) is 11.5. The van der Waals surface area contributed by atoms with E-state index in [-0.39, 0.29) is 5.41 Å². The lowest BCUT2D eigenvalue weighted by Crippen LogP contribution is -2.32. The minimum absolute atomic E-state index is 0.250. The molecule has 0 unspecified atom stereocenters. The molecule has 0 aromatic heterocycles. The maximum atomic E-state index is 10.9. The molecular weight excluding hydrogens is 226 g/mol. The van der Waals surface area contributed by atoms with Crippen molar-refractivity contribution in [2.75, 3.05) is 13.1 Å². The highest BCUT2D eigenvalue weighted by Crippen LogP contribution is 2.17. The van der Waals surface area contributed by atoms with Gasteiger partial charge in [-0.2, -0.15) is 0 Å². The zero-order valence-electron chi connectivity index (χ0n) is 11.7. The van der Waals surface area contributed by atoms with Crippen LogP contribution in [-0.2, 0) is 6.54 Å². The van der Waals surface area contributed by atoms with Crippen LogP contribution in [-0.4, -0.2) is 29.1 Å². The van der Waals surface area contributed by atoms with E-state index in [1.807, 2.05) is 12.1 Å². The Morgan fingerprint density at radius 1 is 1.33 bits per heavy atom. The fourth-order valence-electron chi connectivity index (χ4n) is 2.01. The summed E-state index contributed by atoms with van der Waals surface area (Å²) >= 11 is 0. The van der Waals surface area contributed by atoms with Crippen LogP contribution in [0.4, 0.5) is 0 Å². The van der Waals surface area contributed by atoms with Gasteiger partial charge in [0.05, 0.1) is 5.56 Å². The first-order valence-corrected chi connectivity index (χ1v) is 6.36. The van der Waals surface area contributed by atoms with E-state index in [1.165, 1.54) is 0 Å². The lowest BCUT2D eigenvalue weighted by molar-refractivity contribution is 0.0696. The molecule has 0 aliphatic rings. The first-order valence-electron chi connectivity index (χ1n) is 6.36. The zero-order chi connectivity index (χ0) is 13.8. The number of rotatable bonds is 5. The van der Waals surface area contributed by atoms with Gasteiger partial charge in [-0.05, 0) is 29.7 Å². The van der Waals surface area contributed by atoms with E-state index in [0.717, 1.165) is 25.2 Å². The van der Waals surface area contributed by atoms with Crippen LogP contribution < -0.4 is 0 Å². The molecule has 1 N–H and O–H groups in total. The SMILES string of the molecule is CCN(Cc1cccc(C(=O)O)c1)CC(C)(C)C. The van der Waals surface area contributed by atoms with Crippen LogP contribution in [0.2, 0.25) is 0 Å². The number of nitrogens with zero attached hydrogens (tertiary/aromatic N) is 1. The third kappa shape index (κ3) is 4.88. The van der Waals surface area contributed by atoms with Gasteiger partial charge in [0.15, 0.2) is 0 Å². The molecule has 1 rings (SSSR count). The van der Waals surface area contributed by atoms with E-state index < -0.39 is 5.97 Å². The lowest BCUT2D eigenvalue weighted by atomic mass is 9.96. The van der Waals surface area contributed by atoms with Crippen molar-refractivity contribution < 1.29 is 9.90 Å². The van der Waals surface area contributed by atoms with Crippen molar-refractivity contribution in [1.29, 1.82) is 0 Å². The average molecular weight is 249 g/mol. The Hall–Kier alpha value is -1.35. The predicted octanol–water partition coefficient (Wildman–Crippen LogP) is 3.25. The van der Waals surface area contributed by atoms with E-state index in [0.29, 0.717) is 5.56 Å². The summed E-state index contributed by atoms with van der Waals surface area (Å²) < 4.78 is 0. The summed E-state index contributed by atoms with van der Waals surface area (Å²) in [6.07, 6.45) is 0. The van der Waals surface area contributed by atoms with Crippen LogP contribution in [0.25, 0.3) is 0 Å². The number of carboxylic acids is 1. The Morgan fingerprint density at radius 2 is 2.00 bits per heavy atom. The summed E-state index contributed by atoms with van der Waals surface area (Å²) in [5.41, 5.74) is 1.67. The molecule has 100 valence electrons. The van der Waals surface area contributed by atoms with Gasteiger partial charge in [-0.25, -0.2) is 4.79 Å². The van der Waals surface area contributed by atoms with Crippen LogP contribution in [0.15, 0.2) is 24.3 Å². The first-order chi connectivity index (χ1) is 8.31. The van der Waals surface area contributed by atoms with Gasteiger partial charge >= 0.3 is 5.97 Å². The molecule has 0 radical (unpaired) electrons. The highest BCUT2D eigenvalue weighted by atomic mass is 16.4. The van der Waals surface area contributed by atoms with E-state index in [2.05, 4.69) is 32.6 Å². The van der Waals surface area contributed by atoms with Gasteiger partial charge in [0.2, 0.25) is 0 Å². The van der Waals surface area contributed by atoms with Crippen molar-refractivity contribution in [2.24, 2.45) is 5.41 Å². The van der Waals surface area contributed by atoms with Crippen molar-refractivity contribution in [2.45, 2.75) is 34.2 Å². The maximum Gasteiger partial charge on any atom is 0.335 e. The summed E-state index contributed by atoms with van der Waals surface area (Å²) in [5, 5.41) is 8.97. The number of carbonyl (C=O) groups is 1. The largest absolute Gasteiger partial charge is 0.478 e. The van der Waals surface area contributed by atoms with Crippen molar-refractivity contribution >= 4 is 5.97 Å². The van der Waals surface area contributed by atoms with E-state index in [1.54, 1.807) is 12.1 Å². The molecule has 0 saturated carbocycles. The number of aromatic carboxylic acids is 1. The third-order valence-corrected chi connectivity index (χ3v) is 2.73. The van der Waals surface area contributed by atoms with Gasteiger partial charge in [0.1, 0.15) is 0 Å². The van der Waals surface area contributed by atoms with Gasteiger partial charge < -0.3 is 5.11 Å². The highest BCUT2D eigenvalue weighted by molar-refractivity contribution is 5.87. The van der Waals surface area contributed by atoms with E-state index in [9.17, 15) is 4.79 Å². The van der Waals surface area contributed by atoms with Crippen LogP contribution in [0.3, 0.4) is 0 Å². The smallest absolute Gasteiger partial charge is 0.335 e. The molecule has 0 amide bonds. The molecular formula is C15H23NO2. The first kappa shape index (κ1) is 14.7. The molecule has 0 spiro atoms. The topological polar surface area (TPSA) is 40.5 Å². The summed E-state index contributed by atoms with van der Waals surface area (Å²) in [7, 11) is 0. The number of carboxylic acid groups (broad SMARTS) is 1. The molecule has 0 heterocycles. The molecule has 3 nitrogen and oxygen atoms in total. The van der Waals surface area contributed by atoms with Crippen molar-refractivity contribution in [3.8, 4) is 0 Å². The molecule has 0 fully saturated rings. The minimum atomic E-state index is -0.865. The molecule has 0 aliphatic heterocycles. The summed E-state index contributed by atoms with van der Waals surface area (Å²) in [4.78, 5) is 13.3. The molecule has 0 saturated heterocycles. The van der Waals surface area contributed by atoms with E-state index in [4.69, 9.17) is 5.11 Å². The van der Waals surface area contributed by atoms with Gasteiger partial charge in [-0.3, -0.25) is 4.90 Å². The van der Waals surface area contributed by atoms with Gasteiger partial charge in [-0.15, -0.1) is 0 Å². The summed E-state index contributed by atoms with van der Waals surface area (Å²) in [5.74, 6) is -0.865. The highest BCUT2D eigenvalue weighted by Gasteiger charge is 2.15. The number of benzene rings is 1. The molecule has 0 atom stereocenters. The van der Waals surface area contributed by atoms with Crippen molar-refractivity contribution in [3.05, 3.63) is 35.4 Å². The monoisotopic (exact) mass is 249 g/mol. The van der Waals surface area contributed by atoms with Crippen LogP contribution >= 0.6 is 0 Å². The average Bonchev–Trinajstić information content (AvgIpc) is 2.26. The molecule has 18 heavy (non-hydrogen) atoms. The number of hydrogen-bond acceptors (Lipinski definition) is 2. The molecule has 0 bridgehead atoms. The van der Waals surface area contributed by atoms with Gasteiger partial charge in [0.25, 0.3) is 0 Å². The molecule has 1 aromatic rings. The quantitative estimate of drug-likeness (QED) is 0.870. The predicted molar refractivity (Wildman–Crippen MR) is 73.8 cm³/mol. The van der Waals surface area contributed by atoms with Crippen molar-refractivity contribution in [1.82, 2.24) is 4.90 Å². The minimum Gasteiger partial charge on any atom is -0.478 e. The Morgan fingerprint density at radius 3 is 2.50 bits per heavy atom. The zero-order valence-corrected chi connectivity index (χ0v) is 11.7. The fraction of sp³-hybridized carbons (Fsp3) is 0.533. The fourth-order valence-corrected chi connectivity index (χ4v) is 2.01. The lowest BCUT2D eigenvalue weighted by Gasteiger charge is -2.29. The normalized spacial score (nSPS) is 11.8. The standard InChI is InChI=1S/C15H23NO2/c1-5-16(11-15(2,3)4)10-12-7-6-8-13(9-12)14(17)18/h6-9H,5,10-11H2,1-4H3,(H,17,18). The second kappa shape index (κ2) is 6.01. The number of hydrogen-bond donors (Lipinski definition) is 1. The Kier molecular flexibility index (Phi) is 4.91. The third-order valence-electron chi connectivity index (χ3n) is 2.73. The van der Waals surface area contributed by atoms with Gasteiger partial charge in [0, 0.05) is 13.1 Å². The Bertz CT molecular complexity index is 407. The van der Waals surface area contributed by atoms with Gasteiger partial charge in [-0.1, -0.05) is 39.8 Å². The van der Waals surface area contributed by atoms with Crippen LogP contribution in [0, 0.1) is 5.41 Å². The Balaban J connectivity index is 2.76. The Labute approximate surface area is 109 Å². The molecule has 0 aliphatic carbocycles. The molecule has 1 aromatic carbocycles.